The van der Waals surface area contributed by atoms with Crippen LogP contribution in [0.1, 0.15) is 81.6 Å². The number of nitrogens with zero attached hydrogens (tertiary/aromatic N) is 7. The van der Waals surface area contributed by atoms with Gasteiger partial charge >= 0.3 is 0 Å². The minimum Gasteiger partial charge on any atom is -0.371 e. The molecule has 13 nitrogen and oxygen atoms in total. The average Bonchev–Trinajstić information content (AvgIpc) is 3.78. The molecule has 0 saturated carbocycles. The molecule has 0 aromatic heterocycles. The van der Waals surface area contributed by atoms with Gasteiger partial charge in [-0.05, 0) is 105 Å². The predicted octanol–water partition coefficient (Wildman–Crippen LogP) is 5.52. The van der Waals surface area contributed by atoms with E-state index < -0.39 is 29.7 Å². The van der Waals surface area contributed by atoms with E-state index in [0.717, 1.165) is 131 Å². The number of benzene rings is 3. The predicted molar refractivity (Wildman–Crippen MR) is 225 cm³/mol. The largest absolute Gasteiger partial charge is 0.371 e. The highest BCUT2D eigenvalue weighted by molar-refractivity contribution is 6.34. The maximum atomic E-state index is 13.6. The average molecular weight is 817 g/mol. The van der Waals surface area contributed by atoms with E-state index in [2.05, 4.69) is 48.0 Å². The molecule has 6 heterocycles. The quantitative estimate of drug-likeness (QED) is 0.253. The lowest BCUT2D eigenvalue weighted by Crippen LogP contribution is -2.54. The Morgan fingerprint density at radius 3 is 2.08 bits per heavy atom. The van der Waals surface area contributed by atoms with E-state index in [1.807, 2.05) is 36.1 Å². The van der Waals surface area contributed by atoms with Gasteiger partial charge in [-0.25, -0.2) is 4.85 Å². The van der Waals surface area contributed by atoms with Crippen molar-refractivity contribution in [2.24, 2.45) is 5.41 Å². The first-order valence-electron chi connectivity index (χ1n) is 20.9. The zero-order chi connectivity index (χ0) is 41.0. The van der Waals surface area contributed by atoms with Gasteiger partial charge in [0.15, 0.2) is 0 Å². The summed E-state index contributed by atoms with van der Waals surface area (Å²) in [6.07, 6.45) is 5.44. The van der Waals surface area contributed by atoms with Gasteiger partial charge in [-0.2, -0.15) is 0 Å². The number of amides is 5. The summed E-state index contributed by atoms with van der Waals surface area (Å²) in [7, 11) is 0. The van der Waals surface area contributed by atoms with Crippen LogP contribution in [-0.4, -0.2) is 122 Å². The van der Waals surface area contributed by atoms with Crippen molar-refractivity contribution in [3.63, 3.8) is 0 Å². The maximum absolute atomic E-state index is 13.6. The lowest BCUT2D eigenvalue weighted by molar-refractivity contribution is -0.136. The van der Waals surface area contributed by atoms with Crippen LogP contribution in [0.4, 0.5) is 22.7 Å². The van der Waals surface area contributed by atoms with Crippen molar-refractivity contribution >= 4 is 63.9 Å². The lowest BCUT2D eigenvalue weighted by Gasteiger charge is -2.43. The molecule has 14 heteroatoms. The SMILES string of the molecule is [C-]#[N+]c1ccc(N2CCC3(CCN(c4ccc(C(=O)N5CCC(N6CCN(c7ccc8c(c7)C(=O)N(C7CCC(=O)NC7=O)C8=O)CC6)CC5)cc4)CC3)C2)c(C)c1Cl. The van der Waals surface area contributed by atoms with Gasteiger partial charge in [-0.1, -0.05) is 17.7 Å². The number of piperazine rings is 1. The van der Waals surface area contributed by atoms with Crippen LogP contribution in [-0.2, 0) is 9.59 Å². The Labute approximate surface area is 349 Å². The summed E-state index contributed by atoms with van der Waals surface area (Å²) in [5.74, 6) is -1.90. The van der Waals surface area contributed by atoms with Crippen LogP contribution in [0.3, 0.4) is 0 Å². The number of anilines is 3. The fourth-order valence-electron chi connectivity index (χ4n) is 10.3. The molecule has 5 amide bonds. The Morgan fingerprint density at radius 1 is 0.763 bits per heavy atom. The number of imide groups is 2. The molecule has 0 bridgehead atoms. The monoisotopic (exact) mass is 816 g/mol. The molecule has 1 unspecified atom stereocenters. The Hall–Kier alpha value is -5.45. The van der Waals surface area contributed by atoms with Gasteiger partial charge in [0.05, 0.1) is 22.7 Å². The van der Waals surface area contributed by atoms with Crippen molar-refractivity contribution in [1.29, 1.82) is 0 Å². The van der Waals surface area contributed by atoms with Crippen LogP contribution in [0.5, 0.6) is 0 Å². The standard InChI is InChI=1S/C45H49ClN8O5/c1-29-37(10-9-36(47-2)40(29)46)53-22-17-45(28-53)15-20-49(21-16-45)31-5-3-30(4-6-31)42(57)52-18-13-32(14-19-52)50-23-25-51(26-24-50)33-7-8-34-35(27-33)44(59)54(43(34)58)38-11-12-39(55)48-41(38)56/h3-10,27,32,38H,11-26,28H2,1H3,(H,48,55,56). The molecular formula is C45H49ClN8O5. The highest BCUT2D eigenvalue weighted by atomic mass is 35.5. The first-order valence-corrected chi connectivity index (χ1v) is 21.3. The van der Waals surface area contributed by atoms with E-state index in [4.69, 9.17) is 18.2 Å². The number of hydrogen-bond donors (Lipinski definition) is 1. The van der Waals surface area contributed by atoms with E-state index in [1.165, 1.54) is 0 Å². The van der Waals surface area contributed by atoms with Crippen molar-refractivity contribution in [2.45, 2.75) is 64.0 Å². The minimum atomic E-state index is -0.979. The number of piperidine rings is 3. The molecule has 1 N–H and O–H groups in total. The number of rotatable bonds is 6. The Morgan fingerprint density at radius 2 is 1.41 bits per heavy atom. The molecule has 0 radical (unpaired) electrons. The molecule has 59 heavy (non-hydrogen) atoms. The van der Waals surface area contributed by atoms with Crippen LogP contribution in [0, 0.1) is 18.9 Å². The molecule has 1 atom stereocenters. The molecule has 6 aliphatic rings. The van der Waals surface area contributed by atoms with E-state index in [9.17, 15) is 24.0 Å². The van der Waals surface area contributed by atoms with Crippen molar-refractivity contribution < 1.29 is 24.0 Å². The number of likely N-dealkylation sites (tertiary alicyclic amines) is 1. The van der Waals surface area contributed by atoms with Crippen molar-refractivity contribution in [3.8, 4) is 0 Å². The van der Waals surface area contributed by atoms with E-state index >= 15 is 0 Å². The first kappa shape index (κ1) is 39.0. The lowest BCUT2D eigenvalue weighted by atomic mass is 9.77. The summed E-state index contributed by atoms with van der Waals surface area (Å²) >= 11 is 6.51. The number of carbonyl (C=O) groups excluding carboxylic acids is 5. The van der Waals surface area contributed by atoms with Gasteiger partial charge in [0.2, 0.25) is 17.5 Å². The molecule has 1 spiro atoms. The van der Waals surface area contributed by atoms with Gasteiger partial charge < -0.3 is 19.6 Å². The number of hydrogen-bond acceptors (Lipinski definition) is 9. The molecule has 3 aromatic rings. The fraction of sp³-hybridized carbons (Fsp3) is 0.467. The normalized spacial score (nSPS) is 22.6. The Bertz CT molecular complexity index is 2250. The minimum absolute atomic E-state index is 0.0871. The number of fused-ring (bicyclic) bond motifs is 1. The zero-order valence-electron chi connectivity index (χ0n) is 33.4. The van der Waals surface area contributed by atoms with Crippen molar-refractivity contribution in [2.75, 3.05) is 80.1 Å². The Kier molecular flexibility index (Phi) is 10.3. The second-order valence-corrected chi connectivity index (χ2v) is 17.5. The summed E-state index contributed by atoms with van der Waals surface area (Å²) < 4.78 is 0. The molecule has 0 aliphatic carbocycles. The van der Waals surface area contributed by atoms with Crippen LogP contribution in [0.25, 0.3) is 4.85 Å². The highest BCUT2D eigenvalue weighted by Gasteiger charge is 2.45. The maximum Gasteiger partial charge on any atom is 0.262 e. The molecule has 3 aromatic carbocycles. The first-order chi connectivity index (χ1) is 28.5. The fourth-order valence-corrected chi connectivity index (χ4v) is 10.5. The molecule has 5 fully saturated rings. The highest BCUT2D eigenvalue weighted by Crippen LogP contribution is 2.45. The third kappa shape index (κ3) is 7.20. The van der Waals surface area contributed by atoms with E-state index in [-0.39, 0.29) is 29.7 Å². The number of halogens is 1. The van der Waals surface area contributed by atoms with Crippen LogP contribution in [0.15, 0.2) is 54.6 Å². The molecule has 306 valence electrons. The third-order valence-corrected chi connectivity index (χ3v) is 14.4. The van der Waals surface area contributed by atoms with Gasteiger partial charge in [-0.3, -0.25) is 39.1 Å². The summed E-state index contributed by atoms with van der Waals surface area (Å²) in [5, 5.41) is 2.81. The van der Waals surface area contributed by atoms with E-state index in [0.29, 0.717) is 22.3 Å². The van der Waals surface area contributed by atoms with E-state index in [1.54, 1.807) is 12.1 Å². The number of nitrogens with one attached hydrogen (secondary N) is 1. The molecule has 6 aliphatic heterocycles. The summed E-state index contributed by atoms with van der Waals surface area (Å²) in [5.41, 5.74) is 6.27. The van der Waals surface area contributed by atoms with Gasteiger partial charge in [0.1, 0.15) is 6.04 Å². The summed E-state index contributed by atoms with van der Waals surface area (Å²) in [6, 6.07) is 16.8. The topological polar surface area (TPSA) is 121 Å². The number of carbonyl (C=O) groups is 5. The second kappa shape index (κ2) is 15.6. The summed E-state index contributed by atoms with van der Waals surface area (Å²) in [4.78, 5) is 80.4. The van der Waals surface area contributed by atoms with Gasteiger partial charge in [0, 0.05) is 101 Å². The van der Waals surface area contributed by atoms with Crippen LogP contribution < -0.4 is 20.0 Å². The Balaban J connectivity index is 0.733. The molecule has 9 rings (SSSR count). The van der Waals surface area contributed by atoms with Gasteiger partial charge in [0.25, 0.3) is 17.7 Å². The van der Waals surface area contributed by atoms with Crippen molar-refractivity contribution in [1.82, 2.24) is 20.0 Å². The third-order valence-electron chi connectivity index (χ3n) is 13.9. The van der Waals surface area contributed by atoms with Crippen LogP contribution in [0.2, 0.25) is 5.02 Å². The van der Waals surface area contributed by atoms with Crippen molar-refractivity contribution in [3.05, 3.63) is 93.3 Å². The van der Waals surface area contributed by atoms with Gasteiger partial charge in [-0.15, -0.1) is 0 Å². The second-order valence-electron chi connectivity index (χ2n) is 17.1. The molecular weight excluding hydrogens is 768 g/mol. The molecule has 5 saturated heterocycles. The van der Waals surface area contributed by atoms with Crippen LogP contribution >= 0.6 is 11.6 Å². The summed E-state index contributed by atoms with van der Waals surface area (Å²) in [6.45, 7) is 18.1. The zero-order valence-corrected chi connectivity index (χ0v) is 34.2. The smallest absolute Gasteiger partial charge is 0.262 e.